The zero-order valence-electron chi connectivity index (χ0n) is 10.4. The molecule has 5 nitrogen and oxygen atoms in total. The van der Waals surface area contributed by atoms with Gasteiger partial charge in [-0.25, -0.2) is 4.98 Å². The number of ketones is 1. The summed E-state index contributed by atoms with van der Waals surface area (Å²) < 4.78 is 0. The zero-order valence-corrected chi connectivity index (χ0v) is 11.2. The summed E-state index contributed by atoms with van der Waals surface area (Å²) in [5.74, 6) is 0.370. The molecular formula is C12H17N3O2S. The molecule has 0 atom stereocenters. The summed E-state index contributed by atoms with van der Waals surface area (Å²) in [6, 6.07) is 0. The largest absolute Gasteiger partial charge is 0.317 e. The third-order valence-electron chi connectivity index (χ3n) is 3.04. The van der Waals surface area contributed by atoms with Crippen molar-refractivity contribution in [3.63, 3.8) is 0 Å². The first-order valence-electron chi connectivity index (χ1n) is 6.12. The first-order valence-corrected chi connectivity index (χ1v) is 7.00. The molecule has 1 saturated heterocycles. The van der Waals surface area contributed by atoms with Gasteiger partial charge in [-0.15, -0.1) is 11.3 Å². The third-order valence-corrected chi connectivity index (χ3v) is 3.80. The van der Waals surface area contributed by atoms with E-state index < -0.39 is 0 Å². The van der Waals surface area contributed by atoms with Crippen LogP contribution in [-0.2, 0) is 4.79 Å². The summed E-state index contributed by atoms with van der Waals surface area (Å²) in [4.78, 5) is 27.0. The van der Waals surface area contributed by atoms with Gasteiger partial charge in [0.15, 0.2) is 10.9 Å². The Morgan fingerprint density at radius 3 is 2.83 bits per heavy atom. The Bertz CT molecular complexity index is 438. The summed E-state index contributed by atoms with van der Waals surface area (Å²) in [7, 11) is 0. The van der Waals surface area contributed by atoms with Gasteiger partial charge in [0, 0.05) is 18.7 Å². The highest BCUT2D eigenvalue weighted by Gasteiger charge is 2.17. The lowest BCUT2D eigenvalue weighted by Crippen LogP contribution is -2.30. The van der Waals surface area contributed by atoms with Crippen LogP contribution in [0.2, 0.25) is 0 Å². The lowest BCUT2D eigenvalue weighted by molar-refractivity contribution is -0.117. The van der Waals surface area contributed by atoms with Gasteiger partial charge in [-0.3, -0.25) is 9.59 Å². The van der Waals surface area contributed by atoms with Gasteiger partial charge in [-0.2, -0.15) is 0 Å². The van der Waals surface area contributed by atoms with E-state index in [1.807, 2.05) is 0 Å². The van der Waals surface area contributed by atoms with E-state index in [4.69, 9.17) is 0 Å². The standard InChI is InChI=1S/C12H17N3O2S/c1-8(16)10-7-18-12(14-10)15-11(17)6-9-2-4-13-5-3-9/h7,9,13H,2-6H2,1H3,(H,14,15,17). The SMILES string of the molecule is CC(=O)c1csc(NC(=O)CC2CCNCC2)n1. The molecule has 0 aromatic carbocycles. The maximum absolute atomic E-state index is 11.8. The molecule has 0 saturated carbocycles. The Morgan fingerprint density at radius 2 is 2.22 bits per heavy atom. The maximum atomic E-state index is 11.8. The number of hydrogen-bond donors (Lipinski definition) is 2. The average molecular weight is 267 g/mol. The fraction of sp³-hybridized carbons (Fsp3) is 0.583. The number of carbonyl (C=O) groups excluding carboxylic acids is 2. The van der Waals surface area contributed by atoms with E-state index in [2.05, 4.69) is 15.6 Å². The molecule has 98 valence electrons. The zero-order chi connectivity index (χ0) is 13.0. The van der Waals surface area contributed by atoms with Gasteiger partial charge < -0.3 is 10.6 Å². The lowest BCUT2D eigenvalue weighted by atomic mass is 9.94. The fourth-order valence-corrected chi connectivity index (χ4v) is 2.78. The molecule has 1 aromatic heterocycles. The molecule has 1 aliphatic heterocycles. The summed E-state index contributed by atoms with van der Waals surface area (Å²) >= 11 is 1.29. The number of carbonyl (C=O) groups is 2. The number of hydrogen-bond acceptors (Lipinski definition) is 5. The van der Waals surface area contributed by atoms with Crippen LogP contribution in [0.3, 0.4) is 0 Å². The molecule has 2 N–H and O–H groups in total. The van der Waals surface area contributed by atoms with Crippen LogP contribution in [0.1, 0.15) is 36.7 Å². The monoisotopic (exact) mass is 267 g/mol. The number of nitrogens with one attached hydrogen (secondary N) is 2. The highest BCUT2D eigenvalue weighted by Crippen LogP contribution is 2.19. The number of thiazole rings is 1. The van der Waals surface area contributed by atoms with E-state index in [1.54, 1.807) is 5.38 Å². The average Bonchev–Trinajstić information content (AvgIpc) is 2.78. The van der Waals surface area contributed by atoms with Crippen LogP contribution >= 0.6 is 11.3 Å². The van der Waals surface area contributed by atoms with Gasteiger partial charge >= 0.3 is 0 Å². The van der Waals surface area contributed by atoms with Gasteiger partial charge in [-0.05, 0) is 31.8 Å². The number of piperidine rings is 1. The number of nitrogens with zero attached hydrogens (tertiary/aromatic N) is 1. The predicted molar refractivity (Wildman–Crippen MR) is 71.0 cm³/mol. The van der Waals surface area contributed by atoms with Crippen molar-refractivity contribution in [2.24, 2.45) is 5.92 Å². The summed E-state index contributed by atoms with van der Waals surface area (Å²) in [5, 5.41) is 8.22. The quantitative estimate of drug-likeness (QED) is 0.814. The first kappa shape index (κ1) is 13.2. The van der Waals surface area contributed by atoms with Crippen LogP contribution in [-0.4, -0.2) is 29.8 Å². The third kappa shape index (κ3) is 3.61. The number of amides is 1. The van der Waals surface area contributed by atoms with Crippen molar-refractivity contribution in [3.05, 3.63) is 11.1 Å². The van der Waals surface area contributed by atoms with E-state index in [9.17, 15) is 9.59 Å². The smallest absolute Gasteiger partial charge is 0.226 e. The molecule has 2 heterocycles. The van der Waals surface area contributed by atoms with Gasteiger partial charge in [0.25, 0.3) is 0 Å². The van der Waals surface area contributed by atoms with Crippen molar-refractivity contribution >= 4 is 28.2 Å². The number of rotatable bonds is 4. The Kier molecular flexibility index (Phi) is 4.43. The highest BCUT2D eigenvalue weighted by molar-refractivity contribution is 7.14. The molecule has 0 radical (unpaired) electrons. The van der Waals surface area contributed by atoms with E-state index in [1.165, 1.54) is 18.3 Å². The maximum Gasteiger partial charge on any atom is 0.226 e. The summed E-state index contributed by atoms with van der Waals surface area (Å²) in [6.07, 6.45) is 2.63. The molecule has 1 fully saturated rings. The first-order chi connectivity index (χ1) is 8.65. The molecule has 2 rings (SSSR count). The Hall–Kier alpha value is -1.27. The molecule has 1 aliphatic rings. The molecule has 6 heteroatoms. The predicted octanol–water partition coefficient (Wildman–Crippen LogP) is 1.67. The molecule has 0 unspecified atom stereocenters. The second-order valence-corrected chi connectivity index (χ2v) is 5.40. The minimum atomic E-state index is -0.0786. The van der Waals surface area contributed by atoms with Crippen molar-refractivity contribution in [1.82, 2.24) is 10.3 Å². The van der Waals surface area contributed by atoms with Gasteiger partial charge in [-0.1, -0.05) is 0 Å². The van der Waals surface area contributed by atoms with E-state index >= 15 is 0 Å². The number of Topliss-reactive ketones (excluding diaryl/α,β-unsaturated/α-hetero) is 1. The van der Waals surface area contributed by atoms with Crippen LogP contribution in [0.25, 0.3) is 0 Å². The lowest BCUT2D eigenvalue weighted by Gasteiger charge is -2.21. The van der Waals surface area contributed by atoms with Crippen LogP contribution in [0.15, 0.2) is 5.38 Å². The fourth-order valence-electron chi connectivity index (χ4n) is 2.01. The normalized spacial score (nSPS) is 16.5. The van der Waals surface area contributed by atoms with Crippen LogP contribution < -0.4 is 10.6 Å². The van der Waals surface area contributed by atoms with Crippen molar-refractivity contribution in [2.75, 3.05) is 18.4 Å². The Labute approximate surface area is 110 Å². The number of anilines is 1. The van der Waals surface area contributed by atoms with E-state index in [0.29, 0.717) is 23.2 Å². The van der Waals surface area contributed by atoms with E-state index in [-0.39, 0.29) is 11.7 Å². The van der Waals surface area contributed by atoms with Crippen LogP contribution in [0, 0.1) is 5.92 Å². The van der Waals surface area contributed by atoms with Crippen LogP contribution in [0.5, 0.6) is 0 Å². The second kappa shape index (κ2) is 6.06. The van der Waals surface area contributed by atoms with Gasteiger partial charge in [0.05, 0.1) is 0 Å². The van der Waals surface area contributed by atoms with Crippen molar-refractivity contribution < 1.29 is 9.59 Å². The molecule has 18 heavy (non-hydrogen) atoms. The second-order valence-electron chi connectivity index (χ2n) is 4.54. The summed E-state index contributed by atoms with van der Waals surface area (Å²) in [6.45, 7) is 3.45. The van der Waals surface area contributed by atoms with Crippen molar-refractivity contribution in [1.29, 1.82) is 0 Å². The number of aromatic nitrogens is 1. The molecule has 1 aromatic rings. The van der Waals surface area contributed by atoms with Crippen LogP contribution in [0.4, 0.5) is 5.13 Å². The molecule has 0 spiro atoms. The summed E-state index contributed by atoms with van der Waals surface area (Å²) in [5.41, 5.74) is 0.414. The minimum Gasteiger partial charge on any atom is -0.317 e. The van der Waals surface area contributed by atoms with Gasteiger partial charge in [0.2, 0.25) is 5.91 Å². The molecular weight excluding hydrogens is 250 g/mol. The Morgan fingerprint density at radius 1 is 1.50 bits per heavy atom. The van der Waals surface area contributed by atoms with Gasteiger partial charge in [0.1, 0.15) is 5.69 Å². The topological polar surface area (TPSA) is 71.1 Å². The molecule has 1 amide bonds. The molecule has 0 aliphatic carbocycles. The van der Waals surface area contributed by atoms with Crippen molar-refractivity contribution in [3.8, 4) is 0 Å². The highest BCUT2D eigenvalue weighted by atomic mass is 32.1. The van der Waals surface area contributed by atoms with E-state index in [0.717, 1.165) is 25.9 Å². The minimum absolute atomic E-state index is 0.00801. The Balaban J connectivity index is 1.84. The molecule has 0 bridgehead atoms. The van der Waals surface area contributed by atoms with Crippen molar-refractivity contribution in [2.45, 2.75) is 26.2 Å².